The number of carbonyl (C=O) groups excluding carboxylic acids is 7. The lowest BCUT2D eigenvalue weighted by Crippen LogP contribution is -2.60. The molecular formula is C27H30O14. The maximum absolute atomic E-state index is 12.8. The fourth-order valence-electron chi connectivity index (χ4n) is 4.10. The number of ether oxygens (including phenoxy) is 7. The molecule has 0 N–H and O–H groups in total. The standard InChI is InChI=1S/C27H30O14/c1-13(28)36-20-9-7-18(11-21(20)37-14(2)29)8-10-23(33)41-22-12-19(27(34)35-6)24(38-15(3)30)26(40-17(5)32)25(22)39-16(4)31/h7-11,19,22,24-26H,12H2,1-6H3. The van der Waals surface area contributed by atoms with Gasteiger partial charge in [-0.1, -0.05) is 6.07 Å². The first-order chi connectivity index (χ1) is 19.2. The van der Waals surface area contributed by atoms with Gasteiger partial charge in [-0.15, -0.1) is 0 Å². The molecule has 0 bridgehead atoms. The number of carbonyl (C=O) groups is 7. The largest absolute Gasteiger partial charge is 0.469 e. The molecule has 5 atom stereocenters. The van der Waals surface area contributed by atoms with Crippen LogP contribution in [0.25, 0.3) is 6.08 Å². The number of rotatable bonds is 9. The van der Waals surface area contributed by atoms with Gasteiger partial charge in [-0.25, -0.2) is 4.79 Å². The summed E-state index contributed by atoms with van der Waals surface area (Å²) in [5.41, 5.74) is 0.342. The van der Waals surface area contributed by atoms with Crippen molar-refractivity contribution in [3.63, 3.8) is 0 Å². The monoisotopic (exact) mass is 578 g/mol. The van der Waals surface area contributed by atoms with E-state index in [1.807, 2.05) is 0 Å². The Hall–Kier alpha value is -4.75. The molecule has 0 aliphatic heterocycles. The average molecular weight is 579 g/mol. The van der Waals surface area contributed by atoms with E-state index in [9.17, 15) is 33.6 Å². The number of hydrogen-bond donors (Lipinski definition) is 0. The van der Waals surface area contributed by atoms with E-state index in [-0.39, 0.29) is 17.9 Å². The minimum atomic E-state index is -1.51. The predicted molar refractivity (Wildman–Crippen MR) is 135 cm³/mol. The van der Waals surface area contributed by atoms with Crippen molar-refractivity contribution in [1.29, 1.82) is 0 Å². The summed E-state index contributed by atoms with van der Waals surface area (Å²) in [4.78, 5) is 83.8. The summed E-state index contributed by atoms with van der Waals surface area (Å²) in [6.45, 7) is 5.51. The molecule has 5 unspecified atom stereocenters. The van der Waals surface area contributed by atoms with E-state index < -0.39 is 72.1 Å². The Bertz CT molecular complexity index is 1230. The number of methoxy groups -OCH3 is 1. The van der Waals surface area contributed by atoms with Gasteiger partial charge < -0.3 is 33.2 Å². The molecule has 1 aromatic carbocycles. The molecule has 222 valence electrons. The van der Waals surface area contributed by atoms with Gasteiger partial charge in [0.2, 0.25) is 0 Å². The van der Waals surface area contributed by atoms with Gasteiger partial charge in [-0.05, 0) is 23.8 Å². The van der Waals surface area contributed by atoms with Crippen LogP contribution in [-0.2, 0) is 57.2 Å². The third-order valence-electron chi connectivity index (χ3n) is 5.46. The maximum atomic E-state index is 12.8. The Morgan fingerprint density at radius 2 is 1.22 bits per heavy atom. The lowest BCUT2D eigenvalue weighted by atomic mass is 9.80. The summed E-state index contributed by atoms with van der Waals surface area (Å²) < 4.78 is 36.2. The molecule has 0 radical (unpaired) electrons. The number of hydrogen-bond acceptors (Lipinski definition) is 14. The molecule has 0 aromatic heterocycles. The van der Waals surface area contributed by atoms with Crippen molar-refractivity contribution in [1.82, 2.24) is 0 Å². The summed E-state index contributed by atoms with van der Waals surface area (Å²) in [5.74, 6) is -6.96. The Labute approximate surface area is 234 Å². The zero-order valence-electron chi connectivity index (χ0n) is 23.2. The van der Waals surface area contributed by atoms with Gasteiger partial charge >= 0.3 is 41.8 Å². The zero-order valence-corrected chi connectivity index (χ0v) is 23.2. The minimum absolute atomic E-state index is 0.0217. The highest BCUT2D eigenvalue weighted by molar-refractivity contribution is 5.87. The highest BCUT2D eigenvalue weighted by atomic mass is 16.6. The Kier molecular flexibility index (Phi) is 11.5. The van der Waals surface area contributed by atoms with Gasteiger partial charge in [0, 0.05) is 47.1 Å². The van der Waals surface area contributed by atoms with E-state index >= 15 is 0 Å². The average Bonchev–Trinajstić information content (AvgIpc) is 2.85. The van der Waals surface area contributed by atoms with Crippen molar-refractivity contribution >= 4 is 47.9 Å². The van der Waals surface area contributed by atoms with Crippen LogP contribution in [0.4, 0.5) is 0 Å². The van der Waals surface area contributed by atoms with Gasteiger partial charge in [-0.3, -0.25) is 28.8 Å². The third kappa shape index (κ3) is 9.74. The molecule has 41 heavy (non-hydrogen) atoms. The molecule has 1 saturated carbocycles. The van der Waals surface area contributed by atoms with Crippen molar-refractivity contribution in [2.24, 2.45) is 5.92 Å². The summed E-state index contributed by atoms with van der Waals surface area (Å²) in [6.07, 6.45) is -3.73. The van der Waals surface area contributed by atoms with Crippen LogP contribution < -0.4 is 9.47 Å². The summed E-state index contributed by atoms with van der Waals surface area (Å²) >= 11 is 0. The van der Waals surface area contributed by atoms with E-state index in [2.05, 4.69) is 0 Å². The van der Waals surface area contributed by atoms with Crippen LogP contribution in [0.15, 0.2) is 24.3 Å². The molecule has 14 nitrogen and oxygen atoms in total. The second kappa shape index (κ2) is 14.6. The molecule has 0 amide bonds. The summed E-state index contributed by atoms with van der Waals surface area (Å²) in [5, 5.41) is 0. The predicted octanol–water partition coefficient (Wildman–Crippen LogP) is 1.45. The topological polar surface area (TPSA) is 184 Å². The van der Waals surface area contributed by atoms with Crippen molar-refractivity contribution in [3.8, 4) is 11.5 Å². The van der Waals surface area contributed by atoms with E-state index in [1.165, 1.54) is 31.2 Å². The second-order valence-electron chi connectivity index (χ2n) is 8.79. The Balaban J connectivity index is 2.39. The highest BCUT2D eigenvalue weighted by Gasteiger charge is 2.54. The molecule has 1 fully saturated rings. The van der Waals surface area contributed by atoms with Crippen molar-refractivity contribution in [2.45, 2.75) is 65.5 Å². The fourth-order valence-corrected chi connectivity index (χ4v) is 4.10. The zero-order chi connectivity index (χ0) is 30.9. The van der Waals surface area contributed by atoms with Crippen LogP contribution in [0.1, 0.15) is 46.6 Å². The minimum Gasteiger partial charge on any atom is -0.469 e. The maximum Gasteiger partial charge on any atom is 0.331 e. The van der Waals surface area contributed by atoms with Crippen molar-refractivity contribution in [2.75, 3.05) is 7.11 Å². The van der Waals surface area contributed by atoms with Gasteiger partial charge in [0.15, 0.2) is 29.8 Å². The molecular weight excluding hydrogens is 548 g/mol. The number of esters is 7. The molecule has 2 rings (SSSR count). The van der Waals surface area contributed by atoms with Gasteiger partial charge in [-0.2, -0.15) is 0 Å². The normalized spacial score (nSPS) is 21.7. The van der Waals surface area contributed by atoms with E-state index in [0.717, 1.165) is 40.9 Å². The molecule has 0 saturated heterocycles. The first-order valence-corrected chi connectivity index (χ1v) is 12.2. The lowest BCUT2D eigenvalue weighted by Gasteiger charge is -2.43. The molecule has 14 heteroatoms. The Morgan fingerprint density at radius 1 is 0.683 bits per heavy atom. The fraction of sp³-hybridized carbons (Fsp3) is 0.444. The van der Waals surface area contributed by atoms with E-state index in [4.69, 9.17) is 33.2 Å². The molecule has 1 aliphatic carbocycles. The summed E-state index contributed by atoms with van der Waals surface area (Å²) in [6, 6.07) is 4.15. The van der Waals surface area contributed by atoms with Crippen LogP contribution >= 0.6 is 0 Å². The van der Waals surface area contributed by atoms with E-state index in [1.54, 1.807) is 0 Å². The van der Waals surface area contributed by atoms with Crippen LogP contribution in [-0.4, -0.2) is 73.3 Å². The van der Waals surface area contributed by atoms with Crippen LogP contribution in [0.5, 0.6) is 11.5 Å². The first-order valence-electron chi connectivity index (χ1n) is 12.2. The van der Waals surface area contributed by atoms with Crippen LogP contribution in [0, 0.1) is 5.92 Å². The van der Waals surface area contributed by atoms with Crippen LogP contribution in [0.3, 0.4) is 0 Å². The van der Waals surface area contributed by atoms with Crippen LogP contribution in [0.2, 0.25) is 0 Å². The van der Waals surface area contributed by atoms with Gasteiger partial charge in [0.25, 0.3) is 0 Å². The molecule has 0 spiro atoms. The smallest absolute Gasteiger partial charge is 0.331 e. The Morgan fingerprint density at radius 3 is 1.76 bits per heavy atom. The SMILES string of the molecule is COC(=O)C1CC(OC(=O)C=Cc2ccc(OC(C)=O)c(OC(C)=O)c2)C(OC(C)=O)C(OC(C)=O)C1OC(C)=O. The number of benzene rings is 1. The van der Waals surface area contributed by atoms with Gasteiger partial charge in [0.1, 0.15) is 12.0 Å². The van der Waals surface area contributed by atoms with Crippen molar-refractivity contribution in [3.05, 3.63) is 29.8 Å². The molecule has 0 heterocycles. The second-order valence-corrected chi connectivity index (χ2v) is 8.79. The van der Waals surface area contributed by atoms with Gasteiger partial charge in [0.05, 0.1) is 7.11 Å². The summed E-state index contributed by atoms with van der Waals surface area (Å²) in [7, 11) is 1.09. The van der Waals surface area contributed by atoms with E-state index in [0.29, 0.717) is 5.56 Å². The van der Waals surface area contributed by atoms with Crippen molar-refractivity contribution < 1.29 is 66.7 Å². The molecule has 1 aromatic rings. The highest BCUT2D eigenvalue weighted by Crippen LogP contribution is 2.35. The first kappa shape index (κ1) is 32.5. The quantitative estimate of drug-likeness (QED) is 0.177. The third-order valence-corrected chi connectivity index (χ3v) is 5.46. The lowest BCUT2D eigenvalue weighted by molar-refractivity contribution is -0.220. The molecule has 1 aliphatic rings.